The van der Waals surface area contributed by atoms with Crippen LogP contribution in [0.15, 0.2) is 30.7 Å². The standard InChI is InChI=1S/C11H11F3N4.ClH/c1-15-9-5-17-18(7-9)6-8-3-2-4-16-10(8)11(12,13)14;/h2-5,7,15H,6H2,1H3;1H. The molecule has 0 fully saturated rings. The van der Waals surface area contributed by atoms with Gasteiger partial charge in [0, 0.05) is 25.0 Å². The van der Waals surface area contributed by atoms with E-state index >= 15 is 0 Å². The predicted octanol–water partition coefficient (Wildman–Crippen LogP) is 2.81. The third kappa shape index (κ3) is 3.60. The number of anilines is 1. The van der Waals surface area contributed by atoms with Crippen molar-refractivity contribution in [1.29, 1.82) is 0 Å². The summed E-state index contributed by atoms with van der Waals surface area (Å²) >= 11 is 0. The summed E-state index contributed by atoms with van der Waals surface area (Å²) in [6.07, 6.45) is -0.138. The van der Waals surface area contributed by atoms with Gasteiger partial charge in [0.1, 0.15) is 5.69 Å². The molecule has 0 aliphatic rings. The van der Waals surface area contributed by atoms with Crippen molar-refractivity contribution in [2.75, 3.05) is 12.4 Å². The first-order valence-corrected chi connectivity index (χ1v) is 5.22. The third-order valence-corrected chi connectivity index (χ3v) is 2.41. The van der Waals surface area contributed by atoms with Gasteiger partial charge in [0.05, 0.1) is 18.4 Å². The zero-order chi connectivity index (χ0) is 13.2. The molecule has 0 saturated heterocycles. The van der Waals surface area contributed by atoms with Gasteiger partial charge in [-0.2, -0.15) is 18.3 Å². The molecule has 4 nitrogen and oxygen atoms in total. The van der Waals surface area contributed by atoms with Gasteiger partial charge in [0.25, 0.3) is 0 Å². The Morgan fingerprint density at radius 3 is 2.68 bits per heavy atom. The maximum atomic E-state index is 12.7. The smallest absolute Gasteiger partial charge is 0.386 e. The van der Waals surface area contributed by atoms with Gasteiger partial charge in [-0.3, -0.25) is 9.67 Å². The summed E-state index contributed by atoms with van der Waals surface area (Å²) in [5, 5.41) is 6.82. The Labute approximate surface area is 114 Å². The Bertz CT molecular complexity index is 539. The van der Waals surface area contributed by atoms with E-state index in [1.165, 1.54) is 16.8 Å². The lowest BCUT2D eigenvalue weighted by molar-refractivity contribution is -0.141. The number of aromatic nitrogens is 3. The molecular weight excluding hydrogens is 281 g/mol. The molecule has 2 heterocycles. The molecule has 2 aromatic heterocycles. The van der Waals surface area contributed by atoms with Crippen LogP contribution in [0.3, 0.4) is 0 Å². The summed E-state index contributed by atoms with van der Waals surface area (Å²) in [4.78, 5) is 3.39. The van der Waals surface area contributed by atoms with Gasteiger partial charge in [-0.25, -0.2) is 0 Å². The van der Waals surface area contributed by atoms with Crippen molar-refractivity contribution in [2.45, 2.75) is 12.7 Å². The monoisotopic (exact) mass is 292 g/mol. The van der Waals surface area contributed by atoms with Crippen LogP contribution in [0.1, 0.15) is 11.3 Å². The minimum atomic E-state index is -4.45. The van der Waals surface area contributed by atoms with Crippen molar-refractivity contribution >= 4 is 18.1 Å². The average molecular weight is 293 g/mol. The number of hydrogen-bond donors (Lipinski definition) is 1. The van der Waals surface area contributed by atoms with E-state index in [-0.39, 0.29) is 24.5 Å². The van der Waals surface area contributed by atoms with Crippen LogP contribution in [0.5, 0.6) is 0 Å². The Morgan fingerprint density at radius 1 is 1.37 bits per heavy atom. The molecule has 0 bridgehead atoms. The van der Waals surface area contributed by atoms with Crippen LogP contribution in [0, 0.1) is 0 Å². The predicted molar refractivity (Wildman–Crippen MR) is 67.4 cm³/mol. The largest absolute Gasteiger partial charge is 0.433 e. The average Bonchev–Trinajstić information content (AvgIpc) is 2.76. The molecule has 0 spiro atoms. The fourth-order valence-corrected chi connectivity index (χ4v) is 1.58. The molecule has 1 N–H and O–H groups in total. The van der Waals surface area contributed by atoms with E-state index in [1.807, 2.05) is 0 Å². The Morgan fingerprint density at radius 2 is 2.11 bits per heavy atom. The number of rotatable bonds is 3. The summed E-state index contributed by atoms with van der Waals surface area (Å²) in [5.41, 5.74) is -0.0327. The van der Waals surface area contributed by atoms with Crippen molar-refractivity contribution in [1.82, 2.24) is 14.8 Å². The Hall–Kier alpha value is -1.76. The number of halogens is 4. The number of hydrogen-bond acceptors (Lipinski definition) is 3. The van der Waals surface area contributed by atoms with Crippen LogP contribution >= 0.6 is 12.4 Å². The van der Waals surface area contributed by atoms with E-state index in [2.05, 4.69) is 15.4 Å². The molecule has 0 aliphatic heterocycles. The number of pyridine rings is 1. The topological polar surface area (TPSA) is 42.7 Å². The molecule has 2 aromatic rings. The molecule has 0 aromatic carbocycles. The van der Waals surface area contributed by atoms with Gasteiger partial charge < -0.3 is 5.32 Å². The van der Waals surface area contributed by atoms with E-state index < -0.39 is 11.9 Å². The van der Waals surface area contributed by atoms with Gasteiger partial charge in [-0.05, 0) is 6.07 Å². The number of alkyl halides is 3. The van der Waals surface area contributed by atoms with E-state index in [9.17, 15) is 13.2 Å². The zero-order valence-electron chi connectivity index (χ0n) is 9.98. The van der Waals surface area contributed by atoms with Crippen LogP contribution in [0.25, 0.3) is 0 Å². The highest BCUT2D eigenvalue weighted by Gasteiger charge is 2.34. The summed E-state index contributed by atoms with van der Waals surface area (Å²) < 4.78 is 39.6. The second-order valence-electron chi connectivity index (χ2n) is 3.69. The molecule has 0 radical (unpaired) electrons. The van der Waals surface area contributed by atoms with Gasteiger partial charge in [-0.15, -0.1) is 12.4 Å². The zero-order valence-corrected chi connectivity index (χ0v) is 10.8. The first-order valence-electron chi connectivity index (χ1n) is 5.22. The van der Waals surface area contributed by atoms with Crippen molar-refractivity contribution < 1.29 is 13.2 Å². The highest BCUT2D eigenvalue weighted by molar-refractivity contribution is 5.85. The Balaban J connectivity index is 0.00000180. The lowest BCUT2D eigenvalue weighted by Gasteiger charge is -2.11. The van der Waals surface area contributed by atoms with E-state index in [1.54, 1.807) is 19.4 Å². The molecule has 8 heteroatoms. The highest BCUT2D eigenvalue weighted by Crippen LogP contribution is 2.30. The molecule has 2 rings (SSSR count). The molecular formula is C11H12ClF3N4. The van der Waals surface area contributed by atoms with Gasteiger partial charge in [-0.1, -0.05) is 6.07 Å². The first-order chi connectivity index (χ1) is 8.50. The van der Waals surface area contributed by atoms with Crippen molar-refractivity contribution in [2.24, 2.45) is 0 Å². The fourth-order valence-electron chi connectivity index (χ4n) is 1.58. The lowest BCUT2D eigenvalue weighted by atomic mass is 10.2. The van der Waals surface area contributed by atoms with Gasteiger partial charge in [0.15, 0.2) is 0 Å². The van der Waals surface area contributed by atoms with Crippen LogP contribution in [-0.2, 0) is 12.7 Å². The van der Waals surface area contributed by atoms with Crippen LogP contribution in [0.4, 0.5) is 18.9 Å². The van der Waals surface area contributed by atoms with E-state index in [4.69, 9.17) is 0 Å². The summed E-state index contributed by atoms with van der Waals surface area (Å²) in [6, 6.07) is 2.88. The maximum absolute atomic E-state index is 12.7. The van der Waals surface area contributed by atoms with E-state index in [0.29, 0.717) is 0 Å². The third-order valence-electron chi connectivity index (χ3n) is 2.41. The van der Waals surface area contributed by atoms with Crippen molar-refractivity contribution in [3.05, 3.63) is 42.0 Å². The Kier molecular flexibility index (Phi) is 4.77. The molecule has 0 atom stereocenters. The summed E-state index contributed by atoms with van der Waals surface area (Å²) in [6.45, 7) is 0.0321. The van der Waals surface area contributed by atoms with Crippen LogP contribution < -0.4 is 5.32 Å². The normalized spacial score (nSPS) is 10.9. The van der Waals surface area contributed by atoms with E-state index in [0.717, 1.165) is 11.9 Å². The summed E-state index contributed by atoms with van der Waals surface area (Å²) in [7, 11) is 1.71. The first kappa shape index (κ1) is 15.3. The molecule has 104 valence electrons. The van der Waals surface area contributed by atoms with Gasteiger partial charge >= 0.3 is 6.18 Å². The molecule has 0 amide bonds. The molecule has 0 saturated carbocycles. The highest BCUT2D eigenvalue weighted by atomic mass is 35.5. The lowest BCUT2D eigenvalue weighted by Crippen LogP contribution is -2.14. The molecule has 19 heavy (non-hydrogen) atoms. The summed E-state index contributed by atoms with van der Waals surface area (Å²) in [5.74, 6) is 0. The molecule has 0 aliphatic carbocycles. The number of nitrogens with one attached hydrogen (secondary N) is 1. The SMILES string of the molecule is CNc1cnn(Cc2cccnc2C(F)(F)F)c1.Cl. The van der Waals surface area contributed by atoms with Crippen LogP contribution in [-0.4, -0.2) is 21.8 Å². The maximum Gasteiger partial charge on any atom is 0.433 e. The minimum Gasteiger partial charge on any atom is -0.386 e. The van der Waals surface area contributed by atoms with Crippen LogP contribution in [0.2, 0.25) is 0 Å². The second-order valence-corrected chi connectivity index (χ2v) is 3.69. The quantitative estimate of drug-likeness (QED) is 0.946. The fraction of sp³-hybridized carbons (Fsp3) is 0.273. The van der Waals surface area contributed by atoms with Crippen molar-refractivity contribution in [3.63, 3.8) is 0 Å². The second kappa shape index (κ2) is 5.92. The number of nitrogens with zero attached hydrogens (tertiary/aromatic N) is 3. The molecule has 0 unspecified atom stereocenters. The van der Waals surface area contributed by atoms with Crippen molar-refractivity contribution in [3.8, 4) is 0 Å². The minimum absolute atomic E-state index is 0. The van der Waals surface area contributed by atoms with Gasteiger partial charge in [0.2, 0.25) is 0 Å².